The fourth-order valence-corrected chi connectivity index (χ4v) is 3.81. The number of halogens is 1. The largest absolute Gasteiger partial charge is 0.346 e. The van der Waals surface area contributed by atoms with Crippen molar-refractivity contribution < 1.29 is 14.0 Å². The summed E-state index contributed by atoms with van der Waals surface area (Å²) in [5, 5.41) is 11.0. The number of rotatable bonds is 4. The van der Waals surface area contributed by atoms with Gasteiger partial charge in [-0.2, -0.15) is 0 Å². The van der Waals surface area contributed by atoms with Crippen LogP contribution >= 0.6 is 0 Å². The smallest absolute Gasteiger partial charge is 0.276 e. The van der Waals surface area contributed by atoms with E-state index < -0.39 is 0 Å². The van der Waals surface area contributed by atoms with E-state index in [0.717, 1.165) is 5.56 Å². The van der Waals surface area contributed by atoms with E-state index in [1.807, 2.05) is 19.9 Å². The lowest BCUT2D eigenvalue weighted by Crippen LogP contribution is -2.50. The Morgan fingerprint density at radius 3 is 2.72 bits per heavy atom. The predicted molar refractivity (Wildman–Crippen MR) is 104 cm³/mol. The van der Waals surface area contributed by atoms with Gasteiger partial charge in [-0.25, -0.2) is 9.07 Å². The van der Waals surface area contributed by atoms with E-state index in [9.17, 15) is 14.0 Å². The number of benzene rings is 1. The summed E-state index contributed by atoms with van der Waals surface area (Å²) >= 11 is 0. The second-order valence-electron chi connectivity index (χ2n) is 7.99. The highest BCUT2D eigenvalue weighted by atomic mass is 19.1. The van der Waals surface area contributed by atoms with Gasteiger partial charge in [0.25, 0.3) is 11.8 Å². The van der Waals surface area contributed by atoms with Gasteiger partial charge in [-0.3, -0.25) is 14.5 Å². The van der Waals surface area contributed by atoms with E-state index in [0.29, 0.717) is 39.3 Å². The van der Waals surface area contributed by atoms with Crippen LogP contribution in [0.2, 0.25) is 0 Å². The van der Waals surface area contributed by atoms with E-state index >= 15 is 0 Å². The van der Waals surface area contributed by atoms with Crippen LogP contribution in [-0.4, -0.2) is 68.8 Å². The number of nitrogens with one attached hydrogen (secondary N) is 1. The van der Waals surface area contributed by atoms with Crippen molar-refractivity contribution in [1.29, 1.82) is 0 Å². The molecule has 1 saturated heterocycles. The maximum atomic E-state index is 13.4. The average Bonchev–Trinajstić information content (AvgIpc) is 3.13. The highest BCUT2D eigenvalue weighted by molar-refractivity contribution is 6.05. The summed E-state index contributed by atoms with van der Waals surface area (Å²) in [6.07, 6.45) is 0. The lowest BCUT2D eigenvalue weighted by atomic mass is 10.0. The second-order valence-corrected chi connectivity index (χ2v) is 7.99. The van der Waals surface area contributed by atoms with Crippen LogP contribution in [0.15, 0.2) is 24.3 Å². The third-order valence-electron chi connectivity index (χ3n) is 5.60. The van der Waals surface area contributed by atoms with Gasteiger partial charge in [-0.05, 0) is 23.6 Å². The summed E-state index contributed by atoms with van der Waals surface area (Å²) in [6, 6.07) is 6.54. The monoisotopic (exact) mass is 400 g/mol. The third-order valence-corrected chi connectivity index (χ3v) is 5.60. The average molecular weight is 400 g/mol. The molecular formula is C20H25FN6O2. The Labute approximate surface area is 168 Å². The minimum Gasteiger partial charge on any atom is -0.346 e. The van der Waals surface area contributed by atoms with Gasteiger partial charge in [0.2, 0.25) is 0 Å². The van der Waals surface area contributed by atoms with Gasteiger partial charge in [0, 0.05) is 32.7 Å². The molecule has 0 radical (unpaired) electrons. The Hall–Kier alpha value is -2.81. The molecule has 1 aromatic heterocycles. The highest BCUT2D eigenvalue weighted by Gasteiger charge is 2.35. The maximum Gasteiger partial charge on any atom is 0.276 e. The molecule has 0 bridgehead atoms. The zero-order chi connectivity index (χ0) is 20.5. The van der Waals surface area contributed by atoms with Crippen molar-refractivity contribution in [3.63, 3.8) is 0 Å². The first-order chi connectivity index (χ1) is 13.9. The number of carbonyl (C=O) groups excluding carboxylic acids is 2. The molecule has 9 heteroatoms. The lowest BCUT2D eigenvalue weighted by Gasteiger charge is -2.34. The second kappa shape index (κ2) is 7.90. The minimum atomic E-state index is -0.298. The summed E-state index contributed by atoms with van der Waals surface area (Å²) in [6.45, 7) is 7.61. The highest BCUT2D eigenvalue weighted by Crippen LogP contribution is 2.18. The SMILES string of the molecule is CC(C)C1Cn2nnc(C(=O)N3CCN(Cc4cccc(F)c4)CC3)c2C(=O)N1. The zero-order valence-electron chi connectivity index (χ0n) is 16.6. The van der Waals surface area contributed by atoms with Crippen LogP contribution in [0.1, 0.15) is 40.4 Å². The molecule has 2 aliphatic rings. The molecule has 0 saturated carbocycles. The molecule has 4 rings (SSSR count). The number of nitrogens with zero attached hydrogens (tertiary/aromatic N) is 5. The van der Waals surface area contributed by atoms with Crippen molar-refractivity contribution >= 4 is 11.8 Å². The summed E-state index contributed by atoms with van der Waals surface area (Å²) < 4.78 is 14.9. The van der Waals surface area contributed by atoms with Gasteiger partial charge >= 0.3 is 0 Å². The molecule has 3 heterocycles. The summed E-state index contributed by atoms with van der Waals surface area (Å²) in [5.41, 5.74) is 1.27. The molecule has 1 fully saturated rings. The molecule has 29 heavy (non-hydrogen) atoms. The molecule has 1 aromatic carbocycles. The fraction of sp³-hybridized carbons (Fsp3) is 0.500. The van der Waals surface area contributed by atoms with E-state index in [1.165, 1.54) is 16.8 Å². The first kappa shape index (κ1) is 19.5. The van der Waals surface area contributed by atoms with Crippen molar-refractivity contribution in [3.8, 4) is 0 Å². The van der Waals surface area contributed by atoms with Crippen LogP contribution in [0.4, 0.5) is 4.39 Å². The van der Waals surface area contributed by atoms with Gasteiger partial charge in [0.1, 0.15) is 5.82 Å². The predicted octanol–water partition coefficient (Wildman–Crippen LogP) is 1.14. The number of hydrogen-bond acceptors (Lipinski definition) is 5. The Kier molecular flexibility index (Phi) is 5.31. The summed E-state index contributed by atoms with van der Waals surface area (Å²) in [4.78, 5) is 29.4. The van der Waals surface area contributed by atoms with E-state index in [4.69, 9.17) is 0 Å². The Bertz CT molecular complexity index is 919. The van der Waals surface area contributed by atoms with Crippen LogP contribution < -0.4 is 5.32 Å². The number of piperazine rings is 1. The van der Waals surface area contributed by atoms with Gasteiger partial charge < -0.3 is 10.2 Å². The van der Waals surface area contributed by atoms with Crippen LogP contribution in [-0.2, 0) is 13.1 Å². The molecule has 2 amide bonds. The molecule has 2 aromatic rings. The number of amides is 2. The standard InChI is InChI=1S/C20H25FN6O2/c1-13(2)16-12-27-18(19(28)22-16)17(23-24-27)20(29)26-8-6-25(7-9-26)11-14-4-3-5-15(21)10-14/h3-5,10,13,16H,6-9,11-12H2,1-2H3,(H,22,28). The first-order valence-electron chi connectivity index (χ1n) is 9.93. The molecule has 0 spiro atoms. The Morgan fingerprint density at radius 1 is 1.28 bits per heavy atom. The first-order valence-corrected chi connectivity index (χ1v) is 9.93. The van der Waals surface area contributed by atoms with Gasteiger partial charge in [-0.1, -0.05) is 31.2 Å². The van der Waals surface area contributed by atoms with Crippen LogP contribution in [0.5, 0.6) is 0 Å². The summed E-state index contributed by atoms with van der Waals surface area (Å²) in [7, 11) is 0. The van der Waals surface area contributed by atoms with Gasteiger partial charge in [0.15, 0.2) is 11.4 Å². The van der Waals surface area contributed by atoms with E-state index in [1.54, 1.807) is 11.0 Å². The van der Waals surface area contributed by atoms with E-state index in [-0.39, 0.29) is 41.0 Å². The Morgan fingerprint density at radius 2 is 2.03 bits per heavy atom. The van der Waals surface area contributed by atoms with Gasteiger partial charge in [-0.15, -0.1) is 5.10 Å². The van der Waals surface area contributed by atoms with Crippen molar-refractivity contribution in [2.75, 3.05) is 26.2 Å². The van der Waals surface area contributed by atoms with Crippen LogP contribution in [0.25, 0.3) is 0 Å². The maximum absolute atomic E-state index is 13.4. The van der Waals surface area contributed by atoms with Crippen LogP contribution in [0.3, 0.4) is 0 Å². The lowest BCUT2D eigenvalue weighted by molar-refractivity contribution is 0.0616. The van der Waals surface area contributed by atoms with E-state index in [2.05, 4.69) is 20.5 Å². The normalized spacial score (nSPS) is 19.9. The number of carbonyl (C=O) groups is 2. The topological polar surface area (TPSA) is 83.4 Å². The molecule has 1 unspecified atom stereocenters. The minimum absolute atomic E-state index is 0.0222. The molecule has 8 nitrogen and oxygen atoms in total. The third kappa shape index (κ3) is 4.00. The quantitative estimate of drug-likeness (QED) is 0.832. The van der Waals surface area contributed by atoms with Crippen molar-refractivity contribution in [2.24, 2.45) is 5.92 Å². The Balaban J connectivity index is 1.40. The summed E-state index contributed by atoms with van der Waals surface area (Å²) in [5.74, 6) is -0.546. The van der Waals surface area contributed by atoms with Gasteiger partial charge in [0.05, 0.1) is 12.6 Å². The molecule has 0 aliphatic carbocycles. The number of aromatic nitrogens is 3. The molecule has 1 N–H and O–H groups in total. The molecule has 2 aliphatic heterocycles. The van der Waals surface area contributed by atoms with Crippen molar-refractivity contribution in [1.82, 2.24) is 30.1 Å². The molecular weight excluding hydrogens is 375 g/mol. The number of fused-ring (bicyclic) bond motifs is 1. The van der Waals surface area contributed by atoms with Crippen LogP contribution in [0, 0.1) is 11.7 Å². The van der Waals surface area contributed by atoms with Crippen molar-refractivity contribution in [2.45, 2.75) is 33.0 Å². The molecule has 154 valence electrons. The zero-order valence-corrected chi connectivity index (χ0v) is 16.6. The fourth-order valence-electron chi connectivity index (χ4n) is 3.81. The van der Waals surface area contributed by atoms with Crippen molar-refractivity contribution in [3.05, 3.63) is 47.0 Å². The number of hydrogen-bond donors (Lipinski definition) is 1. The molecule has 1 atom stereocenters.